The Morgan fingerprint density at radius 2 is 1.40 bits per heavy atom. The molecule has 0 bridgehead atoms. The van der Waals surface area contributed by atoms with Crippen molar-refractivity contribution < 1.29 is 18.6 Å². The van der Waals surface area contributed by atoms with E-state index in [1.807, 2.05) is 0 Å². The van der Waals surface area contributed by atoms with Crippen LogP contribution in [-0.4, -0.2) is 29.8 Å². The van der Waals surface area contributed by atoms with Gasteiger partial charge in [0.2, 0.25) is 11.6 Å². The third-order valence-corrected chi connectivity index (χ3v) is 4.06. The lowest BCUT2D eigenvalue weighted by Gasteiger charge is -1.99. The molecule has 0 saturated heterocycles. The maximum Gasteiger partial charge on any atom is 0.305 e. The monoisotopic (exact) mass is 436 g/mol. The number of hydrogen-bond acceptors (Lipinski definition) is 8. The highest BCUT2D eigenvalue weighted by atomic mass is 35.5. The van der Waals surface area contributed by atoms with Crippen LogP contribution in [0.25, 0.3) is 21.8 Å². The van der Waals surface area contributed by atoms with E-state index in [2.05, 4.69) is 19.9 Å². The van der Waals surface area contributed by atoms with Crippen LogP contribution >= 0.6 is 11.6 Å². The van der Waals surface area contributed by atoms with Crippen molar-refractivity contribution in [3.05, 3.63) is 84.3 Å². The number of benzene rings is 2. The maximum absolute atomic E-state index is 13.2. The summed E-state index contributed by atoms with van der Waals surface area (Å²) in [5.74, 6) is -1.95. The summed E-state index contributed by atoms with van der Waals surface area (Å²) in [5.41, 5.74) is -1.59. The van der Waals surface area contributed by atoms with Gasteiger partial charge in [-0.3, -0.25) is 25.0 Å². The lowest BCUT2D eigenvalue weighted by Crippen LogP contribution is -2.07. The van der Waals surface area contributed by atoms with E-state index in [1.54, 1.807) is 0 Å². The first-order chi connectivity index (χ1) is 14.2. The zero-order valence-electron chi connectivity index (χ0n) is 14.4. The topological polar surface area (TPSA) is 158 Å². The predicted molar refractivity (Wildman–Crippen MR) is 100 cm³/mol. The van der Waals surface area contributed by atoms with Gasteiger partial charge in [-0.05, 0) is 0 Å². The Kier molecular flexibility index (Phi) is 5.55. The van der Waals surface area contributed by atoms with Crippen LogP contribution in [0.15, 0.2) is 41.7 Å². The van der Waals surface area contributed by atoms with E-state index in [0.29, 0.717) is 0 Å². The van der Waals surface area contributed by atoms with Gasteiger partial charge in [0.1, 0.15) is 11.5 Å². The first kappa shape index (κ1) is 20.6. The molecule has 0 saturated carbocycles. The Bertz CT molecular complexity index is 1380. The SMILES string of the molecule is O=[N+]([O-])c1cc2c(Cl)ncnc2cc1F.O=c1[nH]cnc2cc(F)c([N+](=O)[O-])cc12. The third kappa shape index (κ3) is 4.00. The number of hydrogen-bond donors (Lipinski definition) is 1. The number of nitro groups is 2. The summed E-state index contributed by atoms with van der Waals surface area (Å²) in [5, 5.41) is 21.2. The van der Waals surface area contributed by atoms with Crippen molar-refractivity contribution in [2.75, 3.05) is 0 Å². The molecule has 152 valence electrons. The molecule has 1 N–H and O–H groups in total. The predicted octanol–water partition coefficient (Wildman–Crippen LogP) is 3.30. The molecule has 0 spiro atoms. The number of rotatable bonds is 2. The number of nitrogens with zero attached hydrogens (tertiary/aromatic N) is 5. The van der Waals surface area contributed by atoms with Gasteiger partial charge in [0.05, 0.1) is 32.6 Å². The van der Waals surface area contributed by atoms with Gasteiger partial charge in [-0.25, -0.2) is 15.0 Å². The Balaban J connectivity index is 0.000000171. The molecule has 2 heterocycles. The van der Waals surface area contributed by atoms with E-state index in [9.17, 15) is 33.8 Å². The molecule has 0 aliphatic rings. The summed E-state index contributed by atoms with van der Waals surface area (Å²) < 4.78 is 26.3. The molecule has 14 heteroatoms. The average molecular weight is 437 g/mol. The van der Waals surface area contributed by atoms with Gasteiger partial charge in [-0.1, -0.05) is 11.6 Å². The van der Waals surface area contributed by atoms with Crippen molar-refractivity contribution in [2.45, 2.75) is 0 Å². The quantitative estimate of drug-likeness (QED) is 0.284. The van der Waals surface area contributed by atoms with Gasteiger partial charge in [0.25, 0.3) is 5.56 Å². The highest BCUT2D eigenvalue weighted by Gasteiger charge is 2.17. The molecule has 4 rings (SSSR count). The normalized spacial score (nSPS) is 10.5. The molecule has 2 aromatic carbocycles. The number of fused-ring (bicyclic) bond motifs is 2. The summed E-state index contributed by atoms with van der Waals surface area (Å²) in [4.78, 5) is 43.7. The van der Waals surface area contributed by atoms with Gasteiger partial charge in [0, 0.05) is 29.7 Å². The molecule has 0 radical (unpaired) electrons. The molecule has 2 aromatic heterocycles. The summed E-state index contributed by atoms with van der Waals surface area (Å²) in [7, 11) is 0. The van der Waals surface area contributed by atoms with E-state index in [4.69, 9.17) is 11.6 Å². The van der Waals surface area contributed by atoms with Gasteiger partial charge in [0.15, 0.2) is 0 Å². The molecule has 0 unspecified atom stereocenters. The summed E-state index contributed by atoms with van der Waals surface area (Å²) >= 11 is 5.69. The van der Waals surface area contributed by atoms with E-state index in [1.165, 1.54) is 0 Å². The minimum Gasteiger partial charge on any atom is -0.313 e. The lowest BCUT2D eigenvalue weighted by molar-refractivity contribution is -0.387. The Morgan fingerprint density at radius 1 is 0.867 bits per heavy atom. The van der Waals surface area contributed by atoms with Crippen molar-refractivity contribution in [1.29, 1.82) is 0 Å². The second-order valence-corrected chi connectivity index (χ2v) is 5.91. The molecule has 30 heavy (non-hydrogen) atoms. The maximum atomic E-state index is 13.2. The largest absolute Gasteiger partial charge is 0.313 e. The highest BCUT2D eigenvalue weighted by molar-refractivity contribution is 6.34. The van der Waals surface area contributed by atoms with Crippen molar-refractivity contribution in [3.63, 3.8) is 0 Å². The lowest BCUT2D eigenvalue weighted by atomic mass is 10.2. The summed E-state index contributed by atoms with van der Waals surface area (Å²) in [6, 6.07) is 3.72. The molecular weight excluding hydrogens is 430 g/mol. The van der Waals surface area contributed by atoms with E-state index >= 15 is 0 Å². The van der Waals surface area contributed by atoms with Crippen LogP contribution in [0.5, 0.6) is 0 Å². The highest BCUT2D eigenvalue weighted by Crippen LogP contribution is 2.26. The number of halogens is 3. The first-order valence-corrected chi connectivity index (χ1v) is 8.12. The van der Waals surface area contributed by atoms with Crippen LogP contribution in [0.4, 0.5) is 20.2 Å². The molecule has 0 aliphatic heterocycles. The first-order valence-electron chi connectivity index (χ1n) is 7.74. The van der Waals surface area contributed by atoms with Crippen LogP contribution in [-0.2, 0) is 0 Å². The van der Waals surface area contributed by atoms with Crippen LogP contribution in [0.3, 0.4) is 0 Å². The van der Waals surface area contributed by atoms with E-state index in [-0.39, 0.29) is 27.0 Å². The van der Waals surface area contributed by atoms with Gasteiger partial charge in [-0.15, -0.1) is 0 Å². The van der Waals surface area contributed by atoms with Crippen LogP contribution in [0.1, 0.15) is 0 Å². The molecule has 11 nitrogen and oxygen atoms in total. The van der Waals surface area contributed by atoms with E-state index in [0.717, 1.165) is 36.9 Å². The number of aromatic amines is 1. The number of nitro benzene ring substituents is 2. The molecule has 0 atom stereocenters. The van der Waals surface area contributed by atoms with Gasteiger partial charge >= 0.3 is 11.4 Å². The van der Waals surface area contributed by atoms with Gasteiger partial charge < -0.3 is 4.98 Å². The van der Waals surface area contributed by atoms with Crippen LogP contribution in [0, 0.1) is 31.9 Å². The molecule has 0 fully saturated rings. The zero-order valence-corrected chi connectivity index (χ0v) is 15.1. The minimum atomic E-state index is -1.01. The second-order valence-electron chi connectivity index (χ2n) is 5.55. The third-order valence-electron chi connectivity index (χ3n) is 3.76. The fourth-order valence-electron chi connectivity index (χ4n) is 2.39. The van der Waals surface area contributed by atoms with Crippen molar-refractivity contribution in [3.8, 4) is 0 Å². The fraction of sp³-hybridized carbons (Fsp3) is 0. The van der Waals surface area contributed by atoms with Crippen molar-refractivity contribution >= 4 is 44.8 Å². The van der Waals surface area contributed by atoms with Crippen LogP contribution < -0.4 is 5.56 Å². The number of H-pyrrole nitrogens is 1. The van der Waals surface area contributed by atoms with Crippen molar-refractivity contribution in [1.82, 2.24) is 19.9 Å². The molecule has 0 aliphatic carbocycles. The molecule has 4 aromatic rings. The van der Waals surface area contributed by atoms with Crippen molar-refractivity contribution in [2.24, 2.45) is 0 Å². The fourth-order valence-corrected chi connectivity index (χ4v) is 2.59. The van der Waals surface area contributed by atoms with Gasteiger partial charge in [-0.2, -0.15) is 8.78 Å². The summed E-state index contributed by atoms with van der Waals surface area (Å²) in [6.07, 6.45) is 2.27. The average Bonchev–Trinajstić information content (AvgIpc) is 2.67. The minimum absolute atomic E-state index is 0.00870. The Hall–Kier alpha value is -4.13. The smallest absolute Gasteiger partial charge is 0.305 e. The Labute approximate surface area is 168 Å². The Morgan fingerprint density at radius 3 is 1.97 bits per heavy atom. The standard InChI is InChI=1S/C8H3ClFN3O2.C8H4FN3O3/c9-8-4-1-7(13(14)15)5(10)2-6(4)11-3-12-8;9-5-2-6-4(1-7(5)12(14)15)8(13)11-3-10-6/h1-3H;1-3H,(H,10,11,13). The zero-order chi connectivity index (χ0) is 22.0. The van der Waals surface area contributed by atoms with Crippen LogP contribution in [0.2, 0.25) is 5.15 Å². The number of aromatic nitrogens is 4. The summed E-state index contributed by atoms with van der Waals surface area (Å²) in [6.45, 7) is 0. The second kappa shape index (κ2) is 8.08. The number of nitrogens with one attached hydrogen (secondary N) is 1. The molecule has 0 amide bonds. The molecular formula is C16H7ClF2N6O5. The van der Waals surface area contributed by atoms with E-state index < -0.39 is 38.4 Å².